The first kappa shape index (κ1) is 11.3. The van der Waals surface area contributed by atoms with Crippen LogP contribution in [0.2, 0.25) is 0 Å². The van der Waals surface area contributed by atoms with Gasteiger partial charge in [-0.25, -0.2) is 0 Å². The van der Waals surface area contributed by atoms with Crippen molar-refractivity contribution in [1.82, 2.24) is 10.2 Å². The first-order valence-corrected chi connectivity index (χ1v) is 6.03. The van der Waals surface area contributed by atoms with Gasteiger partial charge in [-0.2, -0.15) is 0 Å². The maximum absolute atomic E-state index is 9.10. The second-order valence-electron chi connectivity index (χ2n) is 4.69. The van der Waals surface area contributed by atoms with Crippen LogP contribution in [-0.4, -0.2) is 55.6 Å². The Labute approximate surface area is 91.6 Å². The molecule has 2 aliphatic rings. The topological polar surface area (TPSA) is 44.7 Å². The van der Waals surface area contributed by atoms with Crippen molar-refractivity contribution in [3.8, 4) is 0 Å². The van der Waals surface area contributed by atoms with Crippen LogP contribution in [0.3, 0.4) is 0 Å². The molecule has 0 aromatic heterocycles. The summed E-state index contributed by atoms with van der Waals surface area (Å²) in [4.78, 5) is 2.23. The van der Waals surface area contributed by atoms with Crippen molar-refractivity contribution in [3.63, 3.8) is 0 Å². The van der Waals surface area contributed by atoms with Crippen LogP contribution in [0.4, 0.5) is 0 Å². The minimum atomic E-state index is -0.0812. The Morgan fingerprint density at radius 1 is 1.27 bits per heavy atom. The van der Waals surface area contributed by atoms with E-state index in [1.165, 1.54) is 19.3 Å². The summed E-state index contributed by atoms with van der Waals surface area (Å²) >= 11 is 0. The van der Waals surface area contributed by atoms with E-state index in [2.05, 4.69) is 10.2 Å². The van der Waals surface area contributed by atoms with Gasteiger partial charge in [0, 0.05) is 33.0 Å². The van der Waals surface area contributed by atoms with Gasteiger partial charge in [-0.1, -0.05) is 0 Å². The summed E-state index contributed by atoms with van der Waals surface area (Å²) in [7, 11) is 0. The SMILES string of the molecule is OC1CN(CNCCC2CCOCC2)C1. The van der Waals surface area contributed by atoms with Gasteiger partial charge < -0.3 is 15.2 Å². The zero-order chi connectivity index (χ0) is 10.5. The molecule has 4 heteroatoms. The Kier molecular flexibility index (Phi) is 4.38. The second kappa shape index (κ2) is 5.80. The molecule has 2 N–H and O–H groups in total. The highest BCUT2D eigenvalue weighted by Gasteiger charge is 2.23. The number of nitrogens with one attached hydrogen (secondary N) is 1. The Balaban J connectivity index is 1.44. The molecular formula is C11H22N2O2. The van der Waals surface area contributed by atoms with E-state index < -0.39 is 0 Å². The average molecular weight is 214 g/mol. The van der Waals surface area contributed by atoms with Gasteiger partial charge in [0.25, 0.3) is 0 Å². The van der Waals surface area contributed by atoms with Crippen molar-refractivity contribution >= 4 is 0 Å². The summed E-state index contributed by atoms with van der Waals surface area (Å²) in [5.41, 5.74) is 0. The molecule has 0 unspecified atom stereocenters. The summed E-state index contributed by atoms with van der Waals surface area (Å²) in [5.74, 6) is 0.855. The van der Waals surface area contributed by atoms with E-state index in [1.807, 2.05) is 0 Å². The number of ether oxygens (including phenoxy) is 1. The molecule has 0 aromatic carbocycles. The molecule has 0 atom stereocenters. The number of likely N-dealkylation sites (tertiary alicyclic amines) is 1. The van der Waals surface area contributed by atoms with Crippen LogP contribution in [-0.2, 0) is 4.74 Å². The van der Waals surface area contributed by atoms with Gasteiger partial charge in [-0.15, -0.1) is 0 Å². The molecule has 15 heavy (non-hydrogen) atoms. The maximum Gasteiger partial charge on any atom is 0.0794 e. The smallest absolute Gasteiger partial charge is 0.0794 e. The van der Waals surface area contributed by atoms with Crippen LogP contribution in [0.15, 0.2) is 0 Å². The normalized spacial score (nSPS) is 25.4. The van der Waals surface area contributed by atoms with Gasteiger partial charge in [0.2, 0.25) is 0 Å². The predicted octanol–water partition coefficient (Wildman–Crippen LogP) is 0.0267. The molecule has 2 heterocycles. The number of aliphatic hydroxyl groups excluding tert-OH is 1. The average Bonchev–Trinajstić information content (AvgIpc) is 2.23. The van der Waals surface area contributed by atoms with E-state index in [0.29, 0.717) is 0 Å². The zero-order valence-corrected chi connectivity index (χ0v) is 9.32. The summed E-state index contributed by atoms with van der Waals surface area (Å²) in [5, 5.41) is 12.5. The van der Waals surface area contributed by atoms with Crippen LogP contribution in [0.1, 0.15) is 19.3 Å². The number of hydrogen-bond acceptors (Lipinski definition) is 4. The van der Waals surface area contributed by atoms with Crippen LogP contribution in [0.25, 0.3) is 0 Å². The molecule has 0 amide bonds. The third kappa shape index (κ3) is 3.72. The first-order valence-electron chi connectivity index (χ1n) is 6.03. The van der Waals surface area contributed by atoms with Gasteiger partial charge in [0.15, 0.2) is 0 Å². The van der Waals surface area contributed by atoms with Crippen LogP contribution in [0.5, 0.6) is 0 Å². The van der Waals surface area contributed by atoms with E-state index in [-0.39, 0.29) is 6.10 Å². The standard InChI is InChI=1S/C11H22N2O2/c14-11-7-13(8-11)9-12-4-1-10-2-5-15-6-3-10/h10-12,14H,1-9H2. The van der Waals surface area contributed by atoms with Gasteiger partial charge >= 0.3 is 0 Å². The predicted molar refractivity (Wildman–Crippen MR) is 58.6 cm³/mol. The zero-order valence-electron chi connectivity index (χ0n) is 9.32. The Hall–Kier alpha value is -0.160. The molecule has 0 aromatic rings. The van der Waals surface area contributed by atoms with Crippen molar-refractivity contribution in [1.29, 1.82) is 0 Å². The molecule has 2 aliphatic heterocycles. The number of hydrogen-bond donors (Lipinski definition) is 2. The van der Waals surface area contributed by atoms with Crippen molar-refractivity contribution in [2.75, 3.05) is 39.5 Å². The maximum atomic E-state index is 9.10. The highest BCUT2D eigenvalue weighted by atomic mass is 16.5. The van der Waals surface area contributed by atoms with Crippen molar-refractivity contribution in [3.05, 3.63) is 0 Å². The Morgan fingerprint density at radius 3 is 2.67 bits per heavy atom. The third-order valence-corrected chi connectivity index (χ3v) is 3.34. The molecule has 0 bridgehead atoms. The number of rotatable bonds is 5. The van der Waals surface area contributed by atoms with E-state index in [9.17, 15) is 0 Å². The first-order chi connectivity index (χ1) is 7.34. The molecule has 4 nitrogen and oxygen atoms in total. The summed E-state index contributed by atoms with van der Waals surface area (Å²) < 4.78 is 5.33. The molecule has 2 saturated heterocycles. The third-order valence-electron chi connectivity index (χ3n) is 3.34. The highest BCUT2D eigenvalue weighted by molar-refractivity contribution is 4.77. The lowest BCUT2D eigenvalue weighted by molar-refractivity contribution is -0.00284. The lowest BCUT2D eigenvalue weighted by atomic mass is 9.97. The number of nitrogens with zero attached hydrogens (tertiary/aromatic N) is 1. The van der Waals surface area contributed by atoms with Crippen LogP contribution >= 0.6 is 0 Å². The lowest BCUT2D eigenvalue weighted by Gasteiger charge is -2.36. The second-order valence-corrected chi connectivity index (χ2v) is 4.69. The van der Waals surface area contributed by atoms with Gasteiger partial charge in [-0.3, -0.25) is 4.90 Å². The fourth-order valence-corrected chi connectivity index (χ4v) is 2.25. The molecule has 2 rings (SSSR count). The molecule has 0 aliphatic carbocycles. The number of aliphatic hydroxyl groups is 1. The number of β-amino-alcohol motifs (C(OH)–C–C–N with tert-alkyl or cyclic N) is 1. The van der Waals surface area contributed by atoms with Crippen LogP contribution in [0, 0.1) is 5.92 Å². The Morgan fingerprint density at radius 2 is 2.00 bits per heavy atom. The molecule has 0 spiro atoms. The molecule has 0 saturated carbocycles. The molecule has 2 fully saturated rings. The van der Waals surface area contributed by atoms with E-state index in [4.69, 9.17) is 9.84 Å². The van der Waals surface area contributed by atoms with Gasteiger partial charge in [-0.05, 0) is 31.7 Å². The van der Waals surface area contributed by atoms with Crippen molar-refractivity contribution < 1.29 is 9.84 Å². The lowest BCUT2D eigenvalue weighted by Crippen LogP contribution is -2.53. The fraction of sp³-hybridized carbons (Fsp3) is 1.00. The minimum absolute atomic E-state index is 0.0812. The van der Waals surface area contributed by atoms with E-state index >= 15 is 0 Å². The fourth-order valence-electron chi connectivity index (χ4n) is 2.25. The van der Waals surface area contributed by atoms with Crippen molar-refractivity contribution in [2.24, 2.45) is 5.92 Å². The summed E-state index contributed by atoms with van der Waals surface area (Å²) in [6.07, 6.45) is 3.64. The highest BCUT2D eigenvalue weighted by Crippen LogP contribution is 2.17. The minimum Gasteiger partial charge on any atom is -0.390 e. The monoisotopic (exact) mass is 214 g/mol. The van der Waals surface area contributed by atoms with E-state index in [0.717, 1.165) is 45.4 Å². The van der Waals surface area contributed by atoms with Gasteiger partial charge in [0.1, 0.15) is 0 Å². The van der Waals surface area contributed by atoms with E-state index in [1.54, 1.807) is 0 Å². The van der Waals surface area contributed by atoms with Crippen molar-refractivity contribution in [2.45, 2.75) is 25.4 Å². The molecular weight excluding hydrogens is 192 g/mol. The quantitative estimate of drug-likeness (QED) is 0.634. The van der Waals surface area contributed by atoms with Crippen LogP contribution < -0.4 is 5.32 Å². The summed E-state index contributed by atoms with van der Waals surface area (Å²) in [6, 6.07) is 0. The molecule has 0 radical (unpaired) electrons. The van der Waals surface area contributed by atoms with Gasteiger partial charge in [0.05, 0.1) is 6.10 Å². The molecule has 88 valence electrons. The Bertz CT molecular complexity index is 177. The largest absolute Gasteiger partial charge is 0.390 e. The summed E-state index contributed by atoms with van der Waals surface area (Å²) in [6.45, 7) is 5.60.